The average molecular weight is 503 g/mol. The van der Waals surface area contributed by atoms with Crippen LogP contribution in [0.15, 0.2) is 78.9 Å². The smallest absolute Gasteiger partial charge is 0.0253 e. The molecule has 0 radical (unpaired) electrons. The molecule has 140 valence electrons. The second kappa shape index (κ2) is 10.8. The molecule has 0 nitrogen and oxygen atoms in total. The molecule has 0 heterocycles. The summed E-state index contributed by atoms with van der Waals surface area (Å²) >= 11 is -0.826. The van der Waals surface area contributed by atoms with Gasteiger partial charge in [-0.1, -0.05) is 41.5 Å². The molecule has 0 N–H and O–H groups in total. The van der Waals surface area contributed by atoms with Crippen molar-refractivity contribution in [2.45, 2.75) is 6.42 Å². The minimum absolute atomic E-state index is 0.0576. The number of benzene rings is 3. The third kappa shape index (κ3) is 5.40. The van der Waals surface area contributed by atoms with Crippen LogP contribution in [0, 0.1) is 6.07 Å². The van der Waals surface area contributed by atoms with Gasteiger partial charge in [0.1, 0.15) is 0 Å². The molecule has 0 bridgehead atoms. The fraction of sp³-hybridized carbons (Fsp3) is 0.125. The minimum atomic E-state index is -0.826. The molecule has 0 aliphatic heterocycles. The molecule has 0 atom stereocenters. The van der Waals surface area contributed by atoms with Gasteiger partial charge in [0.2, 0.25) is 0 Å². The van der Waals surface area contributed by atoms with E-state index < -0.39 is 20.8 Å². The molecule has 4 aromatic carbocycles. The molecule has 0 unspecified atom stereocenters. The van der Waals surface area contributed by atoms with Crippen LogP contribution in [0.1, 0.15) is 11.1 Å². The topological polar surface area (TPSA) is 0 Å². The van der Waals surface area contributed by atoms with Gasteiger partial charge in [0.25, 0.3) is 0 Å². The number of hydrogen-bond donors (Lipinski definition) is 0. The maximum atomic E-state index is 4.93. The van der Waals surface area contributed by atoms with Crippen LogP contribution in [0.2, 0.25) is 0 Å². The summed E-state index contributed by atoms with van der Waals surface area (Å²) in [7, 11) is 9.93. The molecule has 28 heavy (non-hydrogen) atoms. The van der Waals surface area contributed by atoms with E-state index in [1.165, 1.54) is 38.3 Å². The second-order valence-corrected chi connectivity index (χ2v) is 12.7. The molecule has 4 heteroatoms. The molecule has 0 fully saturated rings. The first kappa shape index (κ1) is 21.9. The van der Waals surface area contributed by atoms with Crippen molar-refractivity contribution >= 4 is 41.0 Å². The molecule has 1 aliphatic carbocycles. The third-order valence-electron chi connectivity index (χ3n) is 4.74. The van der Waals surface area contributed by atoms with Crippen LogP contribution < -0.4 is 5.30 Å². The maximum Gasteiger partial charge on any atom is -0.0253 e. The van der Waals surface area contributed by atoms with E-state index in [1.54, 1.807) is 0 Å². The molecule has 5 rings (SSSR count). The first-order chi connectivity index (χ1) is 13.6. The van der Waals surface area contributed by atoms with Crippen LogP contribution in [0.5, 0.6) is 0 Å². The molecule has 0 saturated heterocycles. The molecule has 0 spiro atoms. The zero-order valence-corrected chi connectivity index (χ0v) is 20.8. The van der Waals surface area contributed by atoms with E-state index in [-0.39, 0.29) is 7.92 Å². The Morgan fingerprint density at radius 1 is 0.929 bits per heavy atom. The average Bonchev–Trinajstić information content (AvgIpc) is 3.31. The minimum Gasteiger partial charge on any atom is -0.179 e. The SMILES string of the molecule is CP(C)c1cc2ccccc2[cH-]1.[Cl][Zr+2][Cl].[c-]1cccc2c1Cc1ccccc1-2. The Kier molecular flexibility index (Phi) is 8.43. The van der Waals surface area contributed by atoms with Gasteiger partial charge in [0.05, 0.1) is 0 Å². The van der Waals surface area contributed by atoms with E-state index in [0.717, 1.165) is 6.42 Å². The quantitative estimate of drug-likeness (QED) is 0.166. The Hall–Kier alpha value is -0.837. The number of rotatable bonds is 1. The molecular weight excluding hydrogens is 481 g/mol. The van der Waals surface area contributed by atoms with Crippen molar-refractivity contribution in [3.63, 3.8) is 0 Å². The summed E-state index contributed by atoms with van der Waals surface area (Å²) in [5.41, 5.74) is 5.51. The summed E-state index contributed by atoms with van der Waals surface area (Å²) in [6.07, 6.45) is 1.05. The monoisotopic (exact) mass is 500 g/mol. The van der Waals surface area contributed by atoms with E-state index in [0.29, 0.717) is 0 Å². The normalized spacial score (nSPS) is 10.9. The van der Waals surface area contributed by atoms with Crippen molar-refractivity contribution in [1.29, 1.82) is 0 Å². The summed E-state index contributed by atoms with van der Waals surface area (Å²) in [5.74, 6) is 0. The van der Waals surface area contributed by atoms with Crippen LogP contribution in [-0.2, 0) is 27.3 Å². The van der Waals surface area contributed by atoms with E-state index >= 15 is 0 Å². The van der Waals surface area contributed by atoms with Crippen LogP contribution in [0.3, 0.4) is 0 Å². The summed E-state index contributed by atoms with van der Waals surface area (Å²) in [6, 6.07) is 31.3. The van der Waals surface area contributed by atoms with Gasteiger partial charge in [0.15, 0.2) is 0 Å². The summed E-state index contributed by atoms with van der Waals surface area (Å²) in [5, 5.41) is 4.26. The Morgan fingerprint density at radius 3 is 2.36 bits per heavy atom. The van der Waals surface area contributed by atoms with Gasteiger partial charge >= 0.3 is 37.9 Å². The maximum absolute atomic E-state index is 4.93. The van der Waals surface area contributed by atoms with Crippen molar-refractivity contribution in [2.24, 2.45) is 0 Å². The number of halogens is 2. The summed E-state index contributed by atoms with van der Waals surface area (Å²) in [4.78, 5) is 0. The van der Waals surface area contributed by atoms with E-state index in [2.05, 4.69) is 92.2 Å². The first-order valence-electron chi connectivity index (χ1n) is 9.01. The van der Waals surface area contributed by atoms with Crippen molar-refractivity contribution in [3.05, 3.63) is 96.1 Å². The Balaban J connectivity index is 0.000000142. The van der Waals surface area contributed by atoms with Gasteiger partial charge in [0, 0.05) is 0 Å². The fourth-order valence-electron chi connectivity index (χ4n) is 3.39. The predicted molar refractivity (Wildman–Crippen MR) is 123 cm³/mol. The predicted octanol–water partition coefficient (Wildman–Crippen LogP) is 7.36. The second-order valence-electron chi connectivity index (χ2n) is 6.70. The fourth-order valence-corrected chi connectivity index (χ4v) is 4.18. The molecule has 1 aliphatic rings. The third-order valence-corrected chi connectivity index (χ3v) is 6.03. The summed E-state index contributed by atoms with van der Waals surface area (Å²) < 4.78 is 0. The van der Waals surface area contributed by atoms with E-state index in [1.807, 2.05) is 6.07 Å². The van der Waals surface area contributed by atoms with Gasteiger partial charge in [-0.2, -0.15) is 35.9 Å². The Bertz CT molecular complexity index is 963. The van der Waals surface area contributed by atoms with Crippen molar-refractivity contribution in [1.82, 2.24) is 0 Å². The molecule has 0 aromatic heterocycles. The van der Waals surface area contributed by atoms with Crippen molar-refractivity contribution in [3.8, 4) is 11.1 Å². The Morgan fingerprint density at radius 2 is 1.61 bits per heavy atom. The molecule has 0 amide bonds. The van der Waals surface area contributed by atoms with Crippen LogP contribution in [-0.4, -0.2) is 13.3 Å². The molecule has 4 aromatic rings. The summed E-state index contributed by atoms with van der Waals surface area (Å²) in [6.45, 7) is 4.59. The zero-order chi connectivity index (χ0) is 19.9. The van der Waals surface area contributed by atoms with Gasteiger partial charge < -0.3 is 0 Å². The van der Waals surface area contributed by atoms with Gasteiger partial charge in [-0.25, -0.2) is 0 Å². The van der Waals surface area contributed by atoms with Gasteiger partial charge in [-0.3, -0.25) is 0 Å². The van der Waals surface area contributed by atoms with Crippen LogP contribution in [0.4, 0.5) is 0 Å². The van der Waals surface area contributed by atoms with Crippen LogP contribution in [0.25, 0.3) is 21.9 Å². The first-order valence-corrected chi connectivity index (χ1v) is 17.6. The standard InChI is InChI=1S/C13H9.C11H12P.2ClH.Zr/c1-3-7-12-10(5-1)9-11-6-2-4-8-13(11)12;1-12(2)11-7-9-5-3-4-6-10(9)8-11;;;/h1-5,7-8H,9H2;3-8H,1-2H3;2*1H;/q2*-1;;;+4/p-2. The molecule has 0 saturated carbocycles. The van der Waals surface area contributed by atoms with Crippen LogP contribution >= 0.6 is 24.9 Å². The number of fused-ring (bicyclic) bond motifs is 4. The van der Waals surface area contributed by atoms with Crippen molar-refractivity contribution < 1.29 is 20.8 Å². The van der Waals surface area contributed by atoms with Gasteiger partial charge in [-0.05, 0) is 19.8 Å². The Labute approximate surface area is 187 Å². The van der Waals surface area contributed by atoms with Gasteiger partial charge in [-0.15, -0.1) is 53.8 Å². The van der Waals surface area contributed by atoms with E-state index in [4.69, 9.17) is 17.0 Å². The molecular formula is C24H21Cl2PZr. The van der Waals surface area contributed by atoms with Crippen molar-refractivity contribution in [2.75, 3.05) is 13.3 Å². The zero-order valence-electron chi connectivity index (χ0n) is 15.9. The number of hydrogen-bond acceptors (Lipinski definition) is 0. The largest absolute Gasteiger partial charge is 0.179 e. The van der Waals surface area contributed by atoms with E-state index in [9.17, 15) is 0 Å².